The summed E-state index contributed by atoms with van der Waals surface area (Å²) >= 11 is 1.71. The third-order valence-electron chi connectivity index (χ3n) is 2.97. The zero-order chi connectivity index (χ0) is 13.5. The van der Waals surface area contributed by atoms with E-state index in [0.717, 1.165) is 19.0 Å². The van der Waals surface area contributed by atoms with E-state index in [1.807, 2.05) is 0 Å². The Morgan fingerprint density at radius 3 is 2.63 bits per heavy atom. The number of rotatable bonds is 4. The fourth-order valence-electron chi connectivity index (χ4n) is 1.79. The zero-order valence-electron chi connectivity index (χ0n) is 11.3. The molecule has 2 rings (SSSR count). The molecule has 0 aliphatic rings. The van der Waals surface area contributed by atoms with Crippen LogP contribution in [0.3, 0.4) is 0 Å². The average Bonchev–Trinajstić information content (AvgIpc) is 2.94. The molecule has 0 radical (unpaired) electrons. The number of aryl methyl sites for hydroxylation is 1. The Balaban J connectivity index is 1.85. The van der Waals surface area contributed by atoms with Crippen molar-refractivity contribution in [2.45, 2.75) is 20.0 Å². The largest absolute Gasteiger partial charge is 0.352 e. The van der Waals surface area contributed by atoms with E-state index >= 15 is 0 Å². The summed E-state index contributed by atoms with van der Waals surface area (Å²) in [5.74, 6) is 0.828. The van der Waals surface area contributed by atoms with Crippen molar-refractivity contribution < 1.29 is 0 Å². The van der Waals surface area contributed by atoms with Crippen LogP contribution >= 0.6 is 11.3 Å². The molecule has 0 aliphatic heterocycles. The Morgan fingerprint density at radius 1 is 1.16 bits per heavy atom. The van der Waals surface area contributed by atoms with Crippen molar-refractivity contribution in [3.63, 3.8) is 0 Å². The van der Waals surface area contributed by atoms with E-state index in [9.17, 15) is 0 Å². The molecule has 0 amide bonds. The Hall–Kier alpha value is -1.81. The van der Waals surface area contributed by atoms with Crippen LogP contribution in [0.2, 0.25) is 0 Å². The zero-order valence-corrected chi connectivity index (χ0v) is 12.1. The van der Waals surface area contributed by atoms with Crippen molar-refractivity contribution in [2.75, 3.05) is 7.05 Å². The molecule has 0 aliphatic carbocycles. The van der Waals surface area contributed by atoms with Crippen LogP contribution in [0.1, 0.15) is 16.7 Å². The Kier molecular flexibility index (Phi) is 4.98. The second kappa shape index (κ2) is 6.95. The van der Waals surface area contributed by atoms with Gasteiger partial charge in [0.15, 0.2) is 5.96 Å². The molecule has 2 aromatic rings. The van der Waals surface area contributed by atoms with Gasteiger partial charge in [0.25, 0.3) is 0 Å². The fraction of sp³-hybridized carbons (Fsp3) is 0.267. The number of nitrogens with one attached hydrogen (secondary N) is 2. The monoisotopic (exact) mass is 273 g/mol. The first-order valence-electron chi connectivity index (χ1n) is 6.29. The number of hydrogen-bond donors (Lipinski definition) is 2. The van der Waals surface area contributed by atoms with Crippen molar-refractivity contribution >= 4 is 17.3 Å². The summed E-state index contributed by atoms with van der Waals surface area (Å²) in [5, 5.41) is 10.9. The maximum Gasteiger partial charge on any atom is 0.191 e. The van der Waals surface area contributed by atoms with Gasteiger partial charge in [0, 0.05) is 20.1 Å². The first-order chi connectivity index (χ1) is 9.29. The molecule has 0 saturated carbocycles. The number of thiophene rings is 1. The van der Waals surface area contributed by atoms with Crippen molar-refractivity contribution in [3.05, 3.63) is 57.8 Å². The number of aliphatic imine (C=N–C) groups is 1. The van der Waals surface area contributed by atoms with Gasteiger partial charge in [0.05, 0.1) is 0 Å². The van der Waals surface area contributed by atoms with Gasteiger partial charge in [-0.25, -0.2) is 0 Å². The topological polar surface area (TPSA) is 36.4 Å². The quantitative estimate of drug-likeness (QED) is 0.664. The molecule has 1 heterocycles. The molecular weight excluding hydrogens is 254 g/mol. The van der Waals surface area contributed by atoms with E-state index < -0.39 is 0 Å². The van der Waals surface area contributed by atoms with E-state index in [1.165, 1.54) is 16.7 Å². The van der Waals surface area contributed by atoms with Crippen LogP contribution in [0.15, 0.2) is 46.1 Å². The first-order valence-corrected chi connectivity index (χ1v) is 7.24. The second-order valence-electron chi connectivity index (χ2n) is 4.34. The second-order valence-corrected chi connectivity index (χ2v) is 5.12. The summed E-state index contributed by atoms with van der Waals surface area (Å²) in [6.07, 6.45) is 0. The number of guanidine groups is 1. The fourth-order valence-corrected chi connectivity index (χ4v) is 2.46. The van der Waals surface area contributed by atoms with Gasteiger partial charge >= 0.3 is 0 Å². The highest BCUT2D eigenvalue weighted by Gasteiger charge is 2.00. The third-order valence-corrected chi connectivity index (χ3v) is 3.70. The molecule has 19 heavy (non-hydrogen) atoms. The lowest BCUT2D eigenvalue weighted by atomic mass is 10.1. The van der Waals surface area contributed by atoms with Crippen LogP contribution in [0.4, 0.5) is 0 Å². The predicted molar refractivity (Wildman–Crippen MR) is 82.5 cm³/mol. The van der Waals surface area contributed by atoms with E-state index in [2.05, 4.69) is 63.6 Å². The average molecular weight is 273 g/mol. The van der Waals surface area contributed by atoms with Crippen LogP contribution in [0.5, 0.6) is 0 Å². The van der Waals surface area contributed by atoms with Crippen molar-refractivity contribution in [1.29, 1.82) is 0 Å². The molecule has 100 valence electrons. The van der Waals surface area contributed by atoms with E-state index in [0.29, 0.717) is 0 Å². The van der Waals surface area contributed by atoms with E-state index in [1.54, 1.807) is 18.4 Å². The first kappa shape index (κ1) is 13.6. The summed E-state index contributed by atoms with van der Waals surface area (Å²) in [6.45, 7) is 3.71. The van der Waals surface area contributed by atoms with Crippen molar-refractivity contribution in [1.82, 2.24) is 10.6 Å². The maximum atomic E-state index is 4.23. The molecular formula is C15H19N3S. The van der Waals surface area contributed by atoms with Crippen LogP contribution < -0.4 is 10.6 Å². The smallest absolute Gasteiger partial charge is 0.191 e. The summed E-state index contributed by atoms with van der Waals surface area (Å²) in [7, 11) is 1.79. The molecule has 1 aromatic carbocycles. The number of nitrogens with zero attached hydrogens (tertiary/aromatic N) is 1. The van der Waals surface area contributed by atoms with E-state index in [-0.39, 0.29) is 0 Å². The predicted octanol–water partition coefficient (Wildman–Crippen LogP) is 2.92. The Bertz CT molecular complexity index is 532. The van der Waals surface area contributed by atoms with Gasteiger partial charge in [-0.2, -0.15) is 11.3 Å². The van der Waals surface area contributed by atoms with Crippen LogP contribution in [0.25, 0.3) is 0 Å². The standard InChI is InChI=1S/C15H19N3S/c1-12-5-3-4-6-14(12)10-18-15(16-2)17-9-13-7-8-19-11-13/h3-8,11H,9-10H2,1-2H3,(H2,16,17,18). The highest BCUT2D eigenvalue weighted by molar-refractivity contribution is 7.07. The molecule has 4 heteroatoms. The normalized spacial score (nSPS) is 11.4. The van der Waals surface area contributed by atoms with Gasteiger partial charge in [0.2, 0.25) is 0 Å². The minimum absolute atomic E-state index is 0.788. The lowest BCUT2D eigenvalue weighted by molar-refractivity contribution is 0.808. The van der Waals surface area contributed by atoms with Gasteiger partial charge in [0.1, 0.15) is 0 Å². The van der Waals surface area contributed by atoms with Gasteiger partial charge in [-0.05, 0) is 40.4 Å². The van der Waals surface area contributed by atoms with Crippen LogP contribution in [0, 0.1) is 6.92 Å². The lowest BCUT2D eigenvalue weighted by Gasteiger charge is -2.12. The highest BCUT2D eigenvalue weighted by atomic mass is 32.1. The highest BCUT2D eigenvalue weighted by Crippen LogP contribution is 2.06. The van der Waals surface area contributed by atoms with E-state index in [4.69, 9.17) is 0 Å². The van der Waals surface area contributed by atoms with Crippen LogP contribution in [-0.4, -0.2) is 13.0 Å². The van der Waals surface area contributed by atoms with Gasteiger partial charge in [-0.3, -0.25) is 4.99 Å². The summed E-state index contributed by atoms with van der Waals surface area (Å²) in [4.78, 5) is 4.23. The van der Waals surface area contributed by atoms with Gasteiger partial charge in [-0.15, -0.1) is 0 Å². The minimum Gasteiger partial charge on any atom is -0.352 e. The number of hydrogen-bond acceptors (Lipinski definition) is 2. The number of benzene rings is 1. The maximum absolute atomic E-state index is 4.23. The molecule has 1 aromatic heterocycles. The lowest BCUT2D eigenvalue weighted by Crippen LogP contribution is -2.36. The summed E-state index contributed by atoms with van der Waals surface area (Å²) < 4.78 is 0. The molecule has 2 N–H and O–H groups in total. The van der Waals surface area contributed by atoms with Gasteiger partial charge < -0.3 is 10.6 Å². The Labute approximate surface area is 118 Å². The molecule has 0 bridgehead atoms. The molecule has 0 fully saturated rings. The van der Waals surface area contributed by atoms with Crippen LogP contribution in [-0.2, 0) is 13.1 Å². The minimum atomic E-state index is 0.788. The van der Waals surface area contributed by atoms with Crippen molar-refractivity contribution in [2.24, 2.45) is 4.99 Å². The Morgan fingerprint density at radius 2 is 1.95 bits per heavy atom. The van der Waals surface area contributed by atoms with Crippen molar-refractivity contribution in [3.8, 4) is 0 Å². The molecule has 3 nitrogen and oxygen atoms in total. The molecule has 0 saturated heterocycles. The SMILES string of the molecule is CN=C(NCc1ccsc1)NCc1ccccc1C. The van der Waals surface area contributed by atoms with Gasteiger partial charge in [-0.1, -0.05) is 24.3 Å². The third kappa shape index (κ3) is 4.10. The summed E-state index contributed by atoms with van der Waals surface area (Å²) in [6, 6.07) is 10.5. The molecule has 0 unspecified atom stereocenters. The molecule has 0 spiro atoms. The summed E-state index contributed by atoms with van der Waals surface area (Å²) in [5.41, 5.74) is 3.87. The molecule has 0 atom stereocenters.